The number of sulfonamides is 1. The van der Waals surface area contributed by atoms with Gasteiger partial charge in [0.2, 0.25) is 0 Å². The Kier molecular flexibility index (Phi) is 3.93. The molecule has 0 aliphatic carbocycles. The average molecular weight is 343 g/mol. The van der Waals surface area contributed by atoms with E-state index < -0.39 is 10.0 Å². The maximum atomic E-state index is 12.5. The first-order valence-electron chi connectivity index (χ1n) is 6.13. The summed E-state index contributed by atoms with van der Waals surface area (Å²) in [5, 5.41) is 7.54. The van der Waals surface area contributed by atoms with Crippen molar-refractivity contribution in [2.75, 3.05) is 18.9 Å². The van der Waals surface area contributed by atoms with Crippen LogP contribution in [0, 0.1) is 0 Å². The van der Waals surface area contributed by atoms with E-state index in [1.54, 1.807) is 29.2 Å². The number of anilines is 1. The predicted molar refractivity (Wildman–Crippen MR) is 83.6 cm³/mol. The number of fused-ring (bicyclic) bond motifs is 1. The minimum absolute atomic E-state index is 0.139. The summed E-state index contributed by atoms with van der Waals surface area (Å²) in [6.07, 6.45) is 3.97. The molecule has 3 aromatic heterocycles. The summed E-state index contributed by atoms with van der Waals surface area (Å²) in [5.41, 5.74) is 0. The summed E-state index contributed by atoms with van der Waals surface area (Å²) in [7, 11) is -1.98. The topological polar surface area (TPSA) is 88.4 Å². The second kappa shape index (κ2) is 5.72. The van der Waals surface area contributed by atoms with Crippen LogP contribution in [0.2, 0.25) is 0 Å². The summed E-state index contributed by atoms with van der Waals surface area (Å²) < 4.78 is 29.1. The lowest BCUT2D eigenvalue weighted by molar-refractivity contribution is 0.577. The van der Waals surface area contributed by atoms with Gasteiger partial charge in [0, 0.05) is 43.2 Å². The van der Waals surface area contributed by atoms with Crippen LogP contribution in [0.15, 0.2) is 28.2 Å². The molecule has 0 spiro atoms. The lowest BCUT2D eigenvalue weighted by Gasteiger charge is -2.06. The first-order chi connectivity index (χ1) is 10.1. The molecule has 0 unspecified atom stereocenters. The van der Waals surface area contributed by atoms with E-state index in [-0.39, 0.29) is 5.03 Å². The van der Waals surface area contributed by atoms with Crippen molar-refractivity contribution < 1.29 is 8.42 Å². The molecule has 2 N–H and O–H groups in total. The van der Waals surface area contributed by atoms with Crippen molar-refractivity contribution in [3.05, 3.63) is 28.2 Å². The van der Waals surface area contributed by atoms with Crippen LogP contribution in [0.25, 0.3) is 4.96 Å². The van der Waals surface area contributed by atoms with Crippen molar-refractivity contribution >= 4 is 43.5 Å². The van der Waals surface area contributed by atoms with Crippen molar-refractivity contribution in [1.82, 2.24) is 19.1 Å². The summed E-state index contributed by atoms with van der Waals surface area (Å²) in [6, 6.07) is 0. The van der Waals surface area contributed by atoms with E-state index in [0.29, 0.717) is 23.7 Å². The molecule has 0 amide bonds. The van der Waals surface area contributed by atoms with E-state index in [2.05, 4.69) is 20.0 Å². The van der Waals surface area contributed by atoms with E-state index in [1.807, 2.05) is 5.38 Å². The Bertz CT molecular complexity index is 835. The van der Waals surface area contributed by atoms with Gasteiger partial charge >= 0.3 is 0 Å². The molecule has 21 heavy (non-hydrogen) atoms. The smallest absolute Gasteiger partial charge is 0.260 e. The molecule has 0 bridgehead atoms. The van der Waals surface area contributed by atoms with Gasteiger partial charge in [0.25, 0.3) is 10.0 Å². The maximum absolute atomic E-state index is 12.5. The Morgan fingerprint density at radius 1 is 1.33 bits per heavy atom. The Hall–Kier alpha value is -1.49. The summed E-state index contributed by atoms with van der Waals surface area (Å²) in [6.45, 7) is 0.302. The highest BCUT2D eigenvalue weighted by Crippen LogP contribution is 2.25. The van der Waals surface area contributed by atoms with Crippen molar-refractivity contribution in [3.63, 3.8) is 0 Å². The molecule has 0 saturated heterocycles. The van der Waals surface area contributed by atoms with Crippen LogP contribution in [0.5, 0.6) is 0 Å². The molecule has 0 aromatic carbocycles. The van der Waals surface area contributed by atoms with E-state index in [1.165, 1.54) is 22.7 Å². The van der Waals surface area contributed by atoms with Crippen molar-refractivity contribution in [2.24, 2.45) is 0 Å². The van der Waals surface area contributed by atoms with Gasteiger partial charge in [0.15, 0.2) is 15.8 Å². The normalized spacial score (nSPS) is 12.0. The van der Waals surface area contributed by atoms with Crippen LogP contribution in [0.3, 0.4) is 0 Å². The number of nitrogens with one attached hydrogen (secondary N) is 2. The quantitative estimate of drug-likeness (QED) is 0.706. The SMILES string of the molecule is CNc1nc2sccn2c1S(=O)(=O)NCCc1nccs1. The number of rotatable bonds is 6. The lowest BCUT2D eigenvalue weighted by Crippen LogP contribution is -2.27. The fourth-order valence-corrected chi connectivity index (χ4v) is 4.63. The Balaban J connectivity index is 1.84. The van der Waals surface area contributed by atoms with Gasteiger partial charge < -0.3 is 5.32 Å². The van der Waals surface area contributed by atoms with Gasteiger partial charge in [-0.25, -0.2) is 23.1 Å². The molecule has 3 heterocycles. The van der Waals surface area contributed by atoms with E-state index >= 15 is 0 Å². The monoisotopic (exact) mass is 343 g/mol. The molecule has 0 radical (unpaired) electrons. The highest BCUT2D eigenvalue weighted by Gasteiger charge is 2.25. The summed E-state index contributed by atoms with van der Waals surface area (Å²) in [5.74, 6) is 0.351. The zero-order chi connectivity index (χ0) is 14.9. The molecular weight excluding hydrogens is 330 g/mol. The van der Waals surface area contributed by atoms with Crippen molar-refractivity contribution in [3.8, 4) is 0 Å². The molecule has 0 aliphatic rings. The highest BCUT2D eigenvalue weighted by molar-refractivity contribution is 7.89. The van der Waals surface area contributed by atoms with Crippen LogP contribution < -0.4 is 10.0 Å². The molecule has 3 rings (SSSR count). The zero-order valence-electron chi connectivity index (χ0n) is 11.1. The van der Waals surface area contributed by atoms with Gasteiger partial charge in [-0.05, 0) is 0 Å². The molecule has 0 aliphatic heterocycles. The molecular formula is C11H13N5O2S3. The number of nitrogens with zero attached hydrogens (tertiary/aromatic N) is 3. The van der Waals surface area contributed by atoms with Gasteiger partial charge in [-0.1, -0.05) is 0 Å². The second-order valence-electron chi connectivity index (χ2n) is 4.14. The molecule has 0 atom stereocenters. The number of hydrogen-bond donors (Lipinski definition) is 2. The molecule has 112 valence electrons. The van der Waals surface area contributed by atoms with Crippen LogP contribution in [0.4, 0.5) is 5.82 Å². The van der Waals surface area contributed by atoms with Gasteiger partial charge in [-0.3, -0.25) is 4.40 Å². The standard InChI is InChI=1S/C11H13N5O2S3/c1-12-9-10(16-5-7-20-11(16)15-9)21(17,18)14-3-2-8-13-4-6-19-8/h4-7,12,14H,2-3H2,1H3. The summed E-state index contributed by atoms with van der Waals surface area (Å²) >= 11 is 2.90. The minimum Gasteiger partial charge on any atom is -0.371 e. The molecule has 10 heteroatoms. The third kappa shape index (κ3) is 2.79. The van der Waals surface area contributed by atoms with Gasteiger partial charge in [-0.2, -0.15) is 0 Å². The predicted octanol–water partition coefficient (Wildman–Crippen LogP) is 1.41. The Morgan fingerprint density at radius 2 is 2.19 bits per heavy atom. The molecule has 7 nitrogen and oxygen atoms in total. The fraction of sp³-hybridized carbons (Fsp3) is 0.273. The summed E-state index contributed by atoms with van der Waals surface area (Å²) in [4.78, 5) is 9.02. The maximum Gasteiger partial charge on any atom is 0.260 e. The molecule has 0 saturated carbocycles. The third-order valence-electron chi connectivity index (χ3n) is 2.82. The van der Waals surface area contributed by atoms with Crippen LogP contribution in [-0.4, -0.2) is 36.4 Å². The van der Waals surface area contributed by atoms with Crippen molar-refractivity contribution in [2.45, 2.75) is 11.4 Å². The minimum atomic E-state index is -3.64. The molecule has 0 fully saturated rings. The number of aromatic nitrogens is 3. The van der Waals surface area contributed by atoms with Crippen LogP contribution in [0.1, 0.15) is 5.01 Å². The van der Waals surface area contributed by atoms with Gasteiger partial charge in [0.05, 0.1) is 5.01 Å². The molecule has 3 aromatic rings. The Morgan fingerprint density at radius 3 is 2.90 bits per heavy atom. The Labute approximate surface area is 129 Å². The fourth-order valence-electron chi connectivity index (χ4n) is 1.92. The van der Waals surface area contributed by atoms with E-state index in [9.17, 15) is 8.42 Å². The van der Waals surface area contributed by atoms with E-state index in [0.717, 1.165) is 5.01 Å². The van der Waals surface area contributed by atoms with Gasteiger partial charge in [0.1, 0.15) is 0 Å². The van der Waals surface area contributed by atoms with Crippen LogP contribution in [-0.2, 0) is 16.4 Å². The third-order valence-corrected chi connectivity index (χ3v) is 5.90. The van der Waals surface area contributed by atoms with Gasteiger partial charge in [-0.15, -0.1) is 22.7 Å². The van der Waals surface area contributed by atoms with Crippen LogP contribution >= 0.6 is 22.7 Å². The first-order valence-corrected chi connectivity index (χ1v) is 9.37. The zero-order valence-corrected chi connectivity index (χ0v) is 13.6. The van der Waals surface area contributed by atoms with E-state index in [4.69, 9.17) is 0 Å². The lowest BCUT2D eigenvalue weighted by atomic mass is 10.5. The number of hydrogen-bond acceptors (Lipinski definition) is 7. The highest BCUT2D eigenvalue weighted by atomic mass is 32.2. The number of thiazole rings is 2. The first kappa shape index (κ1) is 14.4. The largest absolute Gasteiger partial charge is 0.371 e. The number of imidazole rings is 1. The average Bonchev–Trinajstić information content (AvgIpc) is 3.13. The second-order valence-corrected chi connectivity index (χ2v) is 7.68. The van der Waals surface area contributed by atoms with Crippen molar-refractivity contribution in [1.29, 1.82) is 0 Å².